The highest BCUT2D eigenvalue weighted by Gasteiger charge is 2.21. The lowest BCUT2D eigenvalue weighted by atomic mass is 9.97. The molecule has 4 rings (SSSR count). The first kappa shape index (κ1) is 50.6. The Hall–Kier alpha value is -2.04. The molecule has 336 valence electrons. The molecule has 0 N–H and O–H groups in total. The highest BCUT2D eigenvalue weighted by atomic mass is 32.1. The van der Waals surface area contributed by atoms with Crippen molar-refractivity contribution in [3.8, 4) is 20.9 Å². The Labute approximate surface area is 379 Å². The number of nitrogens with zero attached hydrogens (tertiary/aromatic N) is 2. The van der Waals surface area contributed by atoms with E-state index in [9.17, 15) is 0 Å². The highest BCUT2D eigenvalue weighted by Crippen LogP contribution is 2.41. The lowest BCUT2D eigenvalue weighted by molar-refractivity contribution is 0.567. The van der Waals surface area contributed by atoms with E-state index in [0.29, 0.717) is 0 Å². The van der Waals surface area contributed by atoms with Crippen LogP contribution in [0.15, 0.2) is 35.0 Å². The zero-order valence-corrected chi connectivity index (χ0v) is 41.3. The zero-order chi connectivity index (χ0) is 42.3. The first-order chi connectivity index (χ1) is 29.7. The predicted octanol–water partition coefficient (Wildman–Crippen LogP) is 19.8. The SMILES string of the molecule is CCCCCCCCCCc1ccsc1-c1ccc(-c2sccc2CCCCCCCCCC)c2nc(CCCCCCCCCC)c(CCCCCCCCCC)nc12. The second-order valence-corrected chi connectivity index (χ2v) is 20.3. The number of aryl methyl sites for hydroxylation is 4. The quantitative estimate of drug-likeness (QED) is 0.0420. The molecule has 60 heavy (non-hydrogen) atoms. The van der Waals surface area contributed by atoms with E-state index in [2.05, 4.69) is 62.7 Å². The molecular weight excluding hydrogens is 765 g/mol. The van der Waals surface area contributed by atoms with Gasteiger partial charge in [-0.2, -0.15) is 0 Å². The number of benzene rings is 1. The van der Waals surface area contributed by atoms with E-state index >= 15 is 0 Å². The van der Waals surface area contributed by atoms with Crippen molar-refractivity contribution >= 4 is 33.7 Å². The zero-order valence-electron chi connectivity index (χ0n) is 39.6. The summed E-state index contributed by atoms with van der Waals surface area (Å²) < 4.78 is 0. The van der Waals surface area contributed by atoms with Crippen molar-refractivity contribution in [2.45, 2.75) is 259 Å². The Morgan fingerprint density at radius 1 is 0.317 bits per heavy atom. The summed E-state index contributed by atoms with van der Waals surface area (Å²) >= 11 is 3.85. The van der Waals surface area contributed by atoms with Crippen LogP contribution in [0.25, 0.3) is 31.9 Å². The van der Waals surface area contributed by atoms with Crippen LogP contribution in [0, 0.1) is 0 Å². The molecule has 0 unspecified atom stereocenters. The third kappa shape index (κ3) is 18.7. The van der Waals surface area contributed by atoms with E-state index in [1.54, 1.807) is 0 Å². The fraction of sp³-hybridized carbons (Fsp3) is 0.714. The maximum Gasteiger partial charge on any atom is 0.0983 e. The van der Waals surface area contributed by atoms with E-state index in [1.807, 2.05) is 22.7 Å². The Morgan fingerprint density at radius 2 is 0.583 bits per heavy atom. The molecule has 0 saturated heterocycles. The van der Waals surface area contributed by atoms with E-state index in [0.717, 1.165) is 23.9 Å². The number of thiophene rings is 2. The first-order valence-electron chi connectivity index (χ1n) is 26.2. The summed E-state index contributed by atoms with van der Waals surface area (Å²) in [5, 5.41) is 4.67. The monoisotopic (exact) mass is 855 g/mol. The Balaban J connectivity index is 1.61. The van der Waals surface area contributed by atoms with Gasteiger partial charge in [0.15, 0.2) is 0 Å². The van der Waals surface area contributed by atoms with Crippen LogP contribution in [0.3, 0.4) is 0 Å². The molecule has 0 fully saturated rings. The molecule has 0 spiro atoms. The number of fused-ring (bicyclic) bond motifs is 1. The fourth-order valence-electron chi connectivity index (χ4n) is 9.26. The fourth-order valence-corrected chi connectivity index (χ4v) is 11.2. The van der Waals surface area contributed by atoms with Gasteiger partial charge < -0.3 is 0 Å². The van der Waals surface area contributed by atoms with Crippen LogP contribution in [0.4, 0.5) is 0 Å². The molecule has 0 bridgehead atoms. The molecular formula is C56H90N2S2. The van der Waals surface area contributed by atoms with Crippen LogP contribution in [-0.2, 0) is 25.7 Å². The lowest BCUT2D eigenvalue weighted by Gasteiger charge is -2.16. The van der Waals surface area contributed by atoms with Gasteiger partial charge in [-0.15, -0.1) is 22.7 Å². The highest BCUT2D eigenvalue weighted by molar-refractivity contribution is 7.14. The topological polar surface area (TPSA) is 25.8 Å². The van der Waals surface area contributed by atoms with Crippen LogP contribution >= 0.6 is 22.7 Å². The van der Waals surface area contributed by atoms with Gasteiger partial charge in [0.2, 0.25) is 0 Å². The first-order valence-corrected chi connectivity index (χ1v) is 27.9. The van der Waals surface area contributed by atoms with E-state index in [-0.39, 0.29) is 0 Å². The minimum absolute atomic E-state index is 1.06. The Bertz CT molecular complexity index is 1530. The van der Waals surface area contributed by atoms with Crippen molar-refractivity contribution in [2.75, 3.05) is 0 Å². The molecule has 0 aliphatic heterocycles. The van der Waals surface area contributed by atoms with E-state index < -0.39 is 0 Å². The molecule has 3 aromatic heterocycles. The molecule has 0 atom stereocenters. The largest absolute Gasteiger partial charge is 0.249 e. The summed E-state index contributed by atoms with van der Waals surface area (Å²) in [7, 11) is 0. The van der Waals surface area contributed by atoms with Crippen molar-refractivity contribution in [1.29, 1.82) is 0 Å². The van der Waals surface area contributed by atoms with Crippen LogP contribution in [-0.4, -0.2) is 9.97 Å². The summed E-state index contributed by atoms with van der Waals surface area (Å²) in [6.07, 6.45) is 47.8. The predicted molar refractivity (Wildman–Crippen MR) is 271 cm³/mol. The molecule has 4 aromatic rings. The second kappa shape index (κ2) is 32.6. The number of aromatic nitrogens is 2. The molecule has 3 heterocycles. The van der Waals surface area contributed by atoms with Crippen LogP contribution in [0.5, 0.6) is 0 Å². The van der Waals surface area contributed by atoms with E-state index in [4.69, 9.17) is 9.97 Å². The van der Waals surface area contributed by atoms with Gasteiger partial charge in [-0.05, 0) is 85.4 Å². The van der Waals surface area contributed by atoms with Crippen molar-refractivity contribution in [2.24, 2.45) is 0 Å². The van der Waals surface area contributed by atoms with Crippen molar-refractivity contribution in [1.82, 2.24) is 9.97 Å². The summed E-state index contributed by atoms with van der Waals surface area (Å²) in [5.41, 5.74) is 10.6. The van der Waals surface area contributed by atoms with Gasteiger partial charge >= 0.3 is 0 Å². The molecule has 0 radical (unpaired) electrons. The molecule has 4 heteroatoms. The number of unbranched alkanes of at least 4 members (excludes halogenated alkanes) is 28. The summed E-state index contributed by atoms with van der Waals surface area (Å²) in [4.78, 5) is 14.4. The average molecular weight is 855 g/mol. The molecule has 1 aromatic carbocycles. The van der Waals surface area contributed by atoms with Crippen LogP contribution < -0.4 is 0 Å². The van der Waals surface area contributed by atoms with Gasteiger partial charge in [-0.1, -0.05) is 220 Å². The standard InChI is InChI=1S/C56H90N2S2/c1-5-9-13-17-21-25-29-33-37-47-43-45-59-55(47)49-41-42-50(56-48(44-46-60-56)38-34-30-26-22-18-14-10-6-2)54-53(49)57-51(39-35-31-27-23-19-15-11-7-3)52(58-54)40-36-32-28-24-20-16-12-8-4/h41-46H,5-40H2,1-4H3. The van der Waals surface area contributed by atoms with Crippen LogP contribution in [0.2, 0.25) is 0 Å². The van der Waals surface area contributed by atoms with Crippen molar-refractivity contribution in [3.05, 3.63) is 57.5 Å². The molecule has 2 nitrogen and oxygen atoms in total. The lowest BCUT2D eigenvalue weighted by Crippen LogP contribution is -2.05. The average Bonchev–Trinajstić information content (AvgIpc) is 3.94. The smallest absolute Gasteiger partial charge is 0.0983 e. The molecule has 0 amide bonds. The summed E-state index contributed by atoms with van der Waals surface area (Å²) in [5.74, 6) is 0. The Morgan fingerprint density at radius 3 is 0.883 bits per heavy atom. The summed E-state index contributed by atoms with van der Waals surface area (Å²) in [6, 6.07) is 9.70. The number of rotatable bonds is 38. The minimum atomic E-state index is 1.06. The molecule has 0 saturated carbocycles. The maximum atomic E-state index is 5.79. The third-order valence-electron chi connectivity index (χ3n) is 13.1. The maximum absolute atomic E-state index is 5.79. The van der Waals surface area contributed by atoms with Gasteiger partial charge in [0.25, 0.3) is 0 Å². The summed E-state index contributed by atoms with van der Waals surface area (Å²) in [6.45, 7) is 9.26. The minimum Gasteiger partial charge on any atom is -0.249 e. The number of hydrogen-bond acceptors (Lipinski definition) is 4. The number of hydrogen-bond donors (Lipinski definition) is 0. The van der Waals surface area contributed by atoms with E-state index in [1.165, 1.54) is 262 Å². The van der Waals surface area contributed by atoms with Crippen molar-refractivity contribution < 1.29 is 0 Å². The van der Waals surface area contributed by atoms with Crippen LogP contribution in [0.1, 0.15) is 256 Å². The normalized spacial score (nSPS) is 11.7. The van der Waals surface area contributed by atoms with Gasteiger partial charge in [0, 0.05) is 20.9 Å². The van der Waals surface area contributed by atoms with Gasteiger partial charge in [0.05, 0.1) is 22.4 Å². The Kier molecular flexibility index (Phi) is 27.5. The van der Waals surface area contributed by atoms with Gasteiger partial charge in [-0.3, -0.25) is 0 Å². The van der Waals surface area contributed by atoms with Crippen molar-refractivity contribution in [3.63, 3.8) is 0 Å². The molecule has 0 aliphatic carbocycles. The van der Waals surface area contributed by atoms with Gasteiger partial charge in [-0.25, -0.2) is 9.97 Å². The van der Waals surface area contributed by atoms with Gasteiger partial charge in [0.1, 0.15) is 0 Å². The molecule has 0 aliphatic rings. The second-order valence-electron chi connectivity index (χ2n) is 18.4. The third-order valence-corrected chi connectivity index (χ3v) is 15.1.